The number of hydrogen-bond donors (Lipinski definition) is 3. The molecule has 0 spiro atoms. The maximum absolute atomic E-state index is 13.4. The lowest BCUT2D eigenvalue weighted by Gasteiger charge is -2.18. The third-order valence-corrected chi connectivity index (χ3v) is 3.28. The SMILES string of the molecule is CNc1ccc(NC(=O)NC(C)c2cc(F)ccc2OC)cn1. The summed E-state index contributed by atoms with van der Waals surface area (Å²) >= 11 is 0. The number of ether oxygens (including phenoxy) is 1. The van der Waals surface area contributed by atoms with Crippen LogP contribution in [0.2, 0.25) is 0 Å². The summed E-state index contributed by atoms with van der Waals surface area (Å²) < 4.78 is 18.6. The van der Waals surface area contributed by atoms with Crippen LogP contribution in [0, 0.1) is 5.82 Å². The van der Waals surface area contributed by atoms with Gasteiger partial charge >= 0.3 is 6.03 Å². The van der Waals surface area contributed by atoms with Crippen molar-refractivity contribution >= 4 is 17.5 Å². The van der Waals surface area contributed by atoms with Gasteiger partial charge in [0.25, 0.3) is 0 Å². The minimum absolute atomic E-state index is 0.387. The molecule has 2 aromatic rings. The van der Waals surface area contributed by atoms with Crippen LogP contribution in [0.5, 0.6) is 5.75 Å². The first-order valence-electron chi connectivity index (χ1n) is 7.08. The van der Waals surface area contributed by atoms with Gasteiger partial charge in [0.2, 0.25) is 0 Å². The number of nitrogens with zero attached hydrogens (tertiary/aromatic N) is 1. The Bertz CT molecular complexity index is 676. The van der Waals surface area contributed by atoms with Gasteiger partial charge in [-0.15, -0.1) is 0 Å². The summed E-state index contributed by atoms with van der Waals surface area (Å²) in [5.74, 6) is 0.828. The number of pyridine rings is 1. The van der Waals surface area contributed by atoms with E-state index >= 15 is 0 Å². The van der Waals surface area contributed by atoms with Crippen LogP contribution in [-0.4, -0.2) is 25.2 Å². The number of hydrogen-bond acceptors (Lipinski definition) is 4. The molecule has 1 atom stereocenters. The summed E-state index contributed by atoms with van der Waals surface area (Å²) in [5.41, 5.74) is 1.12. The maximum atomic E-state index is 13.4. The molecule has 122 valence electrons. The van der Waals surface area contributed by atoms with Gasteiger partial charge in [0.15, 0.2) is 0 Å². The van der Waals surface area contributed by atoms with Crippen LogP contribution in [0.1, 0.15) is 18.5 Å². The largest absolute Gasteiger partial charge is 0.496 e. The average Bonchev–Trinajstić information content (AvgIpc) is 2.55. The average molecular weight is 318 g/mol. The topological polar surface area (TPSA) is 75.3 Å². The first-order chi connectivity index (χ1) is 11.0. The Balaban J connectivity index is 2.03. The van der Waals surface area contributed by atoms with Gasteiger partial charge < -0.3 is 20.7 Å². The van der Waals surface area contributed by atoms with Crippen molar-refractivity contribution in [3.8, 4) is 5.75 Å². The van der Waals surface area contributed by atoms with E-state index in [2.05, 4.69) is 20.9 Å². The van der Waals surface area contributed by atoms with Crippen molar-refractivity contribution in [3.63, 3.8) is 0 Å². The van der Waals surface area contributed by atoms with E-state index in [-0.39, 0.29) is 5.82 Å². The Morgan fingerprint density at radius 3 is 2.70 bits per heavy atom. The van der Waals surface area contributed by atoms with Crippen LogP contribution < -0.4 is 20.7 Å². The molecule has 0 saturated carbocycles. The summed E-state index contributed by atoms with van der Waals surface area (Å²) in [6.45, 7) is 1.75. The number of halogens is 1. The molecule has 3 N–H and O–H groups in total. The molecular weight excluding hydrogens is 299 g/mol. The van der Waals surface area contributed by atoms with Gasteiger partial charge in [-0.3, -0.25) is 0 Å². The Labute approximate surface area is 134 Å². The lowest BCUT2D eigenvalue weighted by atomic mass is 10.1. The quantitative estimate of drug-likeness (QED) is 0.791. The molecule has 0 saturated heterocycles. The Morgan fingerprint density at radius 1 is 1.30 bits per heavy atom. The highest BCUT2D eigenvalue weighted by Crippen LogP contribution is 2.25. The molecule has 0 aliphatic heterocycles. The fourth-order valence-corrected chi connectivity index (χ4v) is 2.10. The summed E-state index contributed by atoms with van der Waals surface area (Å²) in [6.07, 6.45) is 1.54. The van der Waals surface area contributed by atoms with E-state index < -0.39 is 12.1 Å². The number of carbonyl (C=O) groups excluding carboxylic acids is 1. The van der Waals surface area contributed by atoms with Gasteiger partial charge in [-0.05, 0) is 37.3 Å². The van der Waals surface area contributed by atoms with E-state index in [9.17, 15) is 9.18 Å². The number of amides is 2. The number of nitrogens with one attached hydrogen (secondary N) is 3. The molecule has 0 aliphatic carbocycles. The van der Waals surface area contributed by atoms with Crippen LogP contribution in [0.15, 0.2) is 36.5 Å². The van der Waals surface area contributed by atoms with Crippen molar-refractivity contribution in [1.29, 1.82) is 0 Å². The van der Waals surface area contributed by atoms with Crippen molar-refractivity contribution in [2.75, 3.05) is 24.8 Å². The van der Waals surface area contributed by atoms with E-state index in [1.807, 2.05) is 0 Å². The van der Waals surface area contributed by atoms with Gasteiger partial charge in [0, 0.05) is 12.6 Å². The minimum atomic E-state index is -0.426. The Morgan fingerprint density at radius 2 is 2.09 bits per heavy atom. The van der Waals surface area contributed by atoms with Crippen LogP contribution in [0.4, 0.5) is 20.7 Å². The lowest BCUT2D eigenvalue weighted by Crippen LogP contribution is -2.31. The van der Waals surface area contributed by atoms with Gasteiger partial charge in [0.1, 0.15) is 17.4 Å². The van der Waals surface area contributed by atoms with Gasteiger partial charge in [-0.1, -0.05) is 0 Å². The summed E-state index contributed by atoms with van der Waals surface area (Å²) in [7, 11) is 3.26. The second kappa shape index (κ2) is 7.44. The molecule has 0 bridgehead atoms. The molecule has 0 aliphatic rings. The van der Waals surface area contributed by atoms with E-state index in [1.165, 1.54) is 25.3 Å². The Hall–Kier alpha value is -2.83. The van der Waals surface area contributed by atoms with Crippen molar-refractivity contribution in [2.45, 2.75) is 13.0 Å². The van der Waals surface area contributed by atoms with E-state index in [4.69, 9.17) is 4.74 Å². The fourth-order valence-electron chi connectivity index (χ4n) is 2.10. The molecular formula is C16H19FN4O2. The fraction of sp³-hybridized carbons (Fsp3) is 0.250. The standard InChI is InChI=1S/C16H19FN4O2/c1-10(13-8-11(17)4-6-14(13)23-3)20-16(22)21-12-5-7-15(18-2)19-9-12/h4-10H,1-3H3,(H,18,19)(H2,20,21,22). The molecule has 1 unspecified atom stereocenters. The third kappa shape index (κ3) is 4.32. The van der Waals surface area contributed by atoms with Crippen LogP contribution in [0.3, 0.4) is 0 Å². The monoisotopic (exact) mass is 318 g/mol. The number of benzene rings is 1. The zero-order valence-corrected chi connectivity index (χ0v) is 13.2. The highest BCUT2D eigenvalue weighted by molar-refractivity contribution is 5.89. The minimum Gasteiger partial charge on any atom is -0.496 e. The lowest BCUT2D eigenvalue weighted by molar-refractivity contribution is 0.249. The number of carbonyl (C=O) groups is 1. The second-order valence-electron chi connectivity index (χ2n) is 4.89. The number of anilines is 2. The predicted molar refractivity (Wildman–Crippen MR) is 87.3 cm³/mol. The smallest absolute Gasteiger partial charge is 0.319 e. The van der Waals surface area contributed by atoms with Gasteiger partial charge in [-0.25, -0.2) is 14.2 Å². The molecule has 0 fully saturated rings. The van der Waals surface area contributed by atoms with Crippen molar-refractivity contribution in [2.24, 2.45) is 0 Å². The Kier molecular flexibility index (Phi) is 5.35. The van der Waals surface area contributed by atoms with E-state index in [1.54, 1.807) is 32.3 Å². The number of methoxy groups -OCH3 is 1. The summed E-state index contributed by atoms with van der Waals surface area (Å²) in [4.78, 5) is 16.1. The molecule has 1 aromatic heterocycles. The molecule has 23 heavy (non-hydrogen) atoms. The zero-order chi connectivity index (χ0) is 16.8. The predicted octanol–water partition coefficient (Wildman–Crippen LogP) is 3.15. The van der Waals surface area contributed by atoms with Crippen LogP contribution in [-0.2, 0) is 0 Å². The zero-order valence-electron chi connectivity index (χ0n) is 13.2. The highest BCUT2D eigenvalue weighted by Gasteiger charge is 2.15. The maximum Gasteiger partial charge on any atom is 0.319 e. The second-order valence-corrected chi connectivity index (χ2v) is 4.89. The summed E-state index contributed by atoms with van der Waals surface area (Å²) in [5, 5.41) is 8.30. The first kappa shape index (κ1) is 16.5. The van der Waals surface area contributed by atoms with Crippen LogP contribution >= 0.6 is 0 Å². The van der Waals surface area contributed by atoms with E-state index in [0.717, 1.165) is 0 Å². The molecule has 7 heteroatoms. The van der Waals surface area contributed by atoms with Gasteiger partial charge in [0.05, 0.1) is 25.0 Å². The molecule has 2 rings (SSSR count). The van der Waals surface area contributed by atoms with E-state index in [0.29, 0.717) is 22.8 Å². The molecule has 1 aromatic carbocycles. The van der Waals surface area contributed by atoms with Gasteiger partial charge in [-0.2, -0.15) is 0 Å². The first-order valence-corrected chi connectivity index (χ1v) is 7.08. The third-order valence-electron chi connectivity index (χ3n) is 3.28. The van der Waals surface area contributed by atoms with Crippen molar-refractivity contribution in [1.82, 2.24) is 10.3 Å². The normalized spacial score (nSPS) is 11.5. The number of aromatic nitrogens is 1. The van der Waals surface area contributed by atoms with Crippen molar-refractivity contribution < 1.29 is 13.9 Å². The van der Waals surface area contributed by atoms with Crippen molar-refractivity contribution in [3.05, 3.63) is 47.9 Å². The van der Waals surface area contributed by atoms with Crippen LogP contribution in [0.25, 0.3) is 0 Å². The number of urea groups is 1. The molecule has 6 nitrogen and oxygen atoms in total. The molecule has 0 radical (unpaired) electrons. The molecule has 1 heterocycles. The summed E-state index contributed by atoms with van der Waals surface area (Å²) in [6, 6.07) is 6.81. The molecule has 2 amide bonds. The highest BCUT2D eigenvalue weighted by atomic mass is 19.1. The number of rotatable bonds is 5.